The van der Waals surface area contributed by atoms with Crippen molar-refractivity contribution in [2.45, 2.75) is 103 Å². The smallest absolute Gasteiger partial charge is 0.100 e. The van der Waals surface area contributed by atoms with Crippen LogP contribution in [0.5, 0.6) is 0 Å². The second-order valence-corrected chi connectivity index (χ2v) is 7.13. The predicted octanol–water partition coefficient (Wildman–Crippen LogP) is 5.08. The molecule has 2 N–H and O–H groups in total. The number of hydrogen-bond acceptors (Lipinski definition) is 3. The van der Waals surface area contributed by atoms with Gasteiger partial charge in [-0.25, -0.2) is 0 Å². The number of ether oxygens (including phenoxy) is 1. The van der Waals surface area contributed by atoms with E-state index in [2.05, 4.69) is 13.8 Å². The first kappa shape index (κ1) is 22.9. The van der Waals surface area contributed by atoms with Crippen molar-refractivity contribution in [1.29, 1.82) is 0 Å². The average Bonchev–Trinajstić information content (AvgIpc) is 2.56. The first-order chi connectivity index (χ1) is 11.2. The molecule has 140 valence electrons. The highest BCUT2D eigenvalue weighted by Gasteiger charge is 2.02. The van der Waals surface area contributed by atoms with Gasteiger partial charge in [0.25, 0.3) is 0 Å². The highest BCUT2D eigenvalue weighted by molar-refractivity contribution is 4.56. The van der Waals surface area contributed by atoms with Crippen molar-refractivity contribution in [2.75, 3.05) is 19.8 Å². The van der Waals surface area contributed by atoms with Gasteiger partial charge in [-0.1, -0.05) is 90.9 Å². The second-order valence-electron chi connectivity index (χ2n) is 7.13. The molecule has 0 amide bonds. The van der Waals surface area contributed by atoms with Gasteiger partial charge in [-0.3, -0.25) is 0 Å². The third kappa shape index (κ3) is 18.1. The van der Waals surface area contributed by atoms with Gasteiger partial charge < -0.3 is 14.9 Å². The number of unbranched alkanes of at least 4 members (excludes halogenated alkanes) is 9. The molecule has 23 heavy (non-hydrogen) atoms. The van der Waals surface area contributed by atoms with Gasteiger partial charge in [-0.2, -0.15) is 0 Å². The summed E-state index contributed by atoms with van der Waals surface area (Å²) in [6.07, 6.45) is 16.8. The molecule has 0 aromatic carbocycles. The van der Waals surface area contributed by atoms with Crippen LogP contribution in [0.1, 0.15) is 97.3 Å². The Kier molecular flexibility index (Phi) is 18.1. The molecule has 2 atom stereocenters. The molecule has 0 bridgehead atoms. The topological polar surface area (TPSA) is 49.7 Å². The zero-order chi connectivity index (χ0) is 17.2. The summed E-state index contributed by atoms with van der Waals surface area (Å²) in [5.74, 6) is 0.906. The number of rotatable bonds is 18. The molecule has 0 aromatic heterocycles. The molecule has 0 rings (SSSR count). The van der Waals surface area contributed by atoms with Gasteiger partial charge in [0.15, 0.2) is 0 Å². The quantitative estimate of drug-likeness (QED) is 0.344. The summed E-state index contributed by atoms with van der Waals surface area (Å²) in [4.78, 5) is 0. The van der Waals surface area contributed by atoms with E-state index < -0.39 is 6.10 Å². The Morgan fingerprint density at radius 1 is 0.783 bits per heavy atom. The van der Waals surface area contributed by atoms with Gasteiger partial charge in [-0.05, 0) is 12.3 Å². The highest BCUT2D eigenvalue weighted by Crippen LogP contribution is 2.18. The van der Waals surface area contributed by atoms with Gasteiger partial charge in [0.05, 0.1) is 13.2 Å². The van der Waals surface area contributed by atoms with Crippen LogP contribution < -0.4 is 0 Å². The monoisotopic (exact) mass is 330 g/mol. The molecule has 3 nitrogen and oxygen atoms in total. The normalized spacial score (nSPS) is 14.1. The van der Waals surface area contributed by atoms with Crippen LogP contribution in [0.4, 0.5) is 0 Å². The fourth-order valence-electron chi connectivity index (χ4n) is 2.92. The van der Waals surface area contributed by atoms with E-state index in [1.54, 1.807) is 0 Å². The van der Waals surface area contributed by atoms with E-state index in [1.165, 1.54) is 77.0 Å². The maximum atomic E-state index is 9.12. The van der Waals surface area contributed by atoms with Crippen LogP contribution in [0.2, 0.25) is 0 Å². The van der Waals surface area contributed by atoms with E-state index in [1.807, 2.05) is 0 Å². The molecule has 0 fully saturated rings. The van der Waals surface area contributed by atoms with Crippen molar-refractivity contribution in [3.63, 3.8) is 0 Å². The third-order valence-electron chi connectivity index (χ3n) is 4.56. The maximum Gasteiger partial charge on any atom is 0.100 e. The van der Waals surface area contributed by atoms with Gasteiger partial charge >= 0.3 is 0 Å². The maximum absolute atomic E-state index is 9.12. The van der Waals surface area contributed by atoms with E-state index in [9.17, 15) is 0 Å². The lowest BCUT2D eigenvalue weighted by molar-refractivity contribution is 0.00525. The minimum absolute atomic E-state index is 0.211. The summed E-state index contributed by atoms with van der Waals surface area (Å²) >= 11 is 0. The molecule has 0 aliphatic carbocycles. The van der Waals surface area contributed by atoms with E-state index in [-0.39, 0.29) is 13.2 Å². The van der Waals surface area contributed by atoms with Crippen molar-refractivity contribution in [1.82, 2.24) is 0 Å². The SMILES string of the molecule is CCCCCCCC(C)CCCCCCCCOC[C@@H](O)CO. The molecule has 0 aliphatic heterocycles. The van der Waals surface area contributed by atoms with Crippen molar-refractivity contribution < 1.29 is 14.9 Å². The van der Waals surface area contributed by atoms with Gasteiger partial charge in [0.2, 0.25) is 0 Å². The first-order valence-electron chi connectivity index (χ1n) is 10.1. The van der Waals surface area contributed by atoms with Crippen molar-refractivity contribution in [3.05, 3.63) is 0 Å². The summed E-state index contributed by atoms with van der Waals surface area (Å²) in [7, 11) is 0. The summed E-state index contributed by atoms with van der Waals surface area (Å²) in [5.41, 5.74) is 0. The Morgan fingerprint density at radius 3 is 1.87 bits per heavy atom. The molecule has 0 saturated carbocycles. The zero-order valence-electron chi connectivity index (χ0n) is 15.8. The minimum atomic E-state index is -0.719. The first-order valence-corrected chi connectivity index (χ1v) is 10.1. The lowest BCUT2D eigenvalue weighted by atomic mass is 9.96. The lowest BCUT2D eigenvalue weighted by Gasteiger charge is -2.11. The Balaban J connectivity index is 3.14. The molecule has 0 spiro atoms. The number of aliphatic hydroxyl groups excluding tert-OH is 2. The van der Waals surface area contributed by atoms with Crippen LogP contribution in [-0.2, 0) is 4.74 Å². The fourth-order valence-corrected chi connectivity index (χ4v) is 2.92. The van der Waals surface area contributed by atoms with E-state index in [0.717, 1.165) is 12.3 Å². The van der Waals surface area contributed by atoms with Crippen LogP contribution in [0.15, 0.2) is 0 Å². The molecular weight excluding hydrogens is 288 g/mol. The Bertz CT molecular complexity index is 221. The van der Waals surface area contributed by atoms with Crippen molar-refractivity contribution >= 4 is 0 Å². The summed E-state index contributed by atoms with van der Waals surface area (Å²) in [6, 6.07) is 0. The summed E-state index contributed by atoms with van der Waals surface area (Å²) < 4.78 is 5.30. The average molecular weight is 331 g/mol. The second kappa shape index (κ2) is 18.2. The lowest BCUT2D eigenvalue weighted by Crippen LogP contribution is -2.19. The van der Waals surface area contributed by atoms with Gasteiger partial charge in [0.1, 0.15) is 6.10 Å². The Labute approximate surface area is 144 Å². The number of hydrogen-bond donors (Lipinski definition) is 2. The predicted molar refractivity (Wildman–Crippen MR) is 98.8 cm³/mol. The van der Waals surface area contributed by atoms with Crippen LogP contribution in [0.3, 0.4) is 0 Å². The van der Waals surface area contributed by atoms with E-state index in [0.29, 0.717) is 6.61 Å². The number of aliphatic hydroxyl groups is 2. The van der Waals surface area contributed by atoms with E-state index in [4.69, 9.17) is 14.9 Å². The van der Waals surface area contributed by atoms with Crippen LogP contribution in [0, 0.1) is 5.92 Å². The molecule has 0 aromatic rings. The molecule has 0 radical (unpaired) electrons. The third-order valence-corrected chi connectivity index (χ3v) is 4.56. The fraction of sp³-hybridized carbons (Fsp3) is 1.00. The standard InChI is InChI=1S/C20H42O3/c1-3-4-5-8-11-14-19(2)15-12-9-6-7-10-13-16-23-18-20(22)17-21/h19-22H,3-18H2,1-2H3/t19?,20-/m0/s1. The van der Waals surface area contributed by atoms with Gasteiger partial charge in [-0.15, -0.1) is 0 Å². The molecule has 0 saturated heterocycles. The molecular formula is C20H42O3. The van der Waals surface area contributed by atoms with Crippen LogP contribution in [0.25, 0.3) is 0 Å². The van der Waals surface area contributed by atoms with Crippen molar-refractivity contribution in [3.8, 4) is 0 Å². The molecule has 1 unspecified atom stereocenters. The molecule has 3 heteroatoms. The highest BCUT2D eigenvalue weighted by atomic mass is 16.5. The van der Waals surface area contributed by atoms with Gasteiger partial charge in [0, 0.05) is 6.61 Å². The summed E-state index contributed by atoms with van der Waals surface area (Å²) in [5, 5.41) is 17.8. The van der Waals surface area contributed by atoms with Crippen LogP contribution >= 0.6 is 0 Å². The molecule has 0 aliphatic rings. The largest absolute Gasteiger partial charge is 0.394 e. The minimum Gasteiger partial charge on any atom is -0.394 e. The van der Waals surface area contributed by atoms with Crippen molar-refractivity contribution in [2.24, 2.45) is 5.92 Å². The Morgan fingerprint density at radius 2 is 1.30 bits per heavy atom. The summed E-state index contributed by atoms with van der Waals surface area (Å²) in [6.45, 7) is 5.44. The zero-order valence-corrected chi connectivity index (χ0v) is 15.8. The van der Waals surface area contributed by atoms with E-state index >= 15 is 0 Å². The molecule has 0 heterocycles. The van der Waals surface area contributed by atoms with Crippen LogP contribution in [-0.4, -0.2) is 36.1 Å². The Hall–Kier alpha value is -0.120.